The Bertz CT molecular complexity index is 648. The summed E-state index contributed by atoms with van der Waals surface area (Å²) in [6.07, 6.45) is 4.04. The third-order valence-electron chi connectivity index (χ3n) is 2.82. The van der Waals surface area contributed by atoms with Crippen LogP contribution in [0.25, 0.3) is 0 Å². The molecule has 0 atom stereocenters. The first-order valence-corrected chi connectivity index (χ1v) is 7.34. The van der Waals surface area contributed by atoms with E-state index in [2.05, 4.69) is 17.1 Å². The average molecular weight is 300 g/mol. The number of nitrogens with one attached hydrogen (secondary N) is 1. The molecule has 0 saturated heterocycles. The number of hydrazone groups is 1. The standard InChI is InChI=1S/C16H16N2O2S/c1-2-5-12-6-3-7-13(16(12)20)11-17-18-15(19)10-14-8-4-9-21-14/h2-4,6-9,11,20H,1,5,10H2,(H,18,19)/b17-11+. The summed E-state index contributed by atoms with van der Waals surface area (Å²) in [5, 5.41) is 15.8. The second kappa shape index (κ2) is 7.40. The number of rotatable bonds is 6. The van der Waals surface area contributed by atoms with Gasteiger partial charge in [-0.25, -0.2) is 5.43 Å². The zero-order valence-corrected chi connectivity index (χ0v) is 12.3. The molecule has 1 aromatic carbocycles. The number of carbonyl (C=O) groups is 1. The van der Waals surface area contributed by atoms with E-state index in [0.29, 0.717) is 18.4 Å². The maximum atomic E-state index is 11.7. The Kier molecular flexibility index (Phi) is 5.29. The highest BCUT2D eigenvalue weighted by Gasteiger charge is 2.05. The molecule has 4 nitrogen and oxygen atoms in total. The van der Waals surface area contributed by atoms with Gasteiger partial charge < -0.3 is 5.11 Å². The summed E-state index contributed by atoms with van der Waals surface area (Å²) >= 11 is 1.53. The van der Waals surface area contributed by atoms with Crippen LogP contribution in [0, 0.1) is 0 Å². The largest absolute Gasteiger partial charge is 0.507 e. The van der Waals surface area contributed by atoms with Crippen LogP contribution >= 0.6 is 11.3 Å². The fourth-order valence-corrected chi connectivity index (χ4v) is 2.52. The lowest BCUT2D eigenvalue weighted by Gasteiger charge is -2.04. The highest BCUT2D eigenvalue weighted by Crippen LogP contribution is 2.21. The summed E-state index contributed by atoms with van der Waals surface area (Å²) in [4.78, 5) is 12.6. The fourth-order valence-electron chi connectivity index (χ4n) is 1.82. The lowest BCUT2D eigenvalue weighted by molar-refractivity contribution is -0.120. The Hall–Kier alpha value is -2.40. The smallest absolute Gasteiger partial charge is 0.245 e. The van der Waals surface area contributed by atoms with E-state index >= 15 is 0 Å². The summed E-state index contributed by atoms with van der Waals surface area (Å²) in [6, 6.07) is 9.19. The molecule has 0 aliphatic carbocycles. The van der Waals surface area contributed by atoms with Crippen molar-refractivity contribution >= 4 is 23.5 Å². The lowest BCUT2D eigenvalue weighted by atomic mass is 10.1. The molecule has 1 aromatic heterocycles. The van der Waals surface area contributed by atoms with Gasteiger partial charge in [0.25, 0.3) is 0 Å². The molecule has 0 saturated carbocycles. The Morgan fingerprint density at radius 3 is 2.95 bits per heavy atom. The van der Waals surface area contributed by atoms with Crippen LogP contribution in [0.2, 0.25) is 0 Å². The molecular weight excluding hydrogens is 284 g/mol. The van der Waals surface area contributed by atoms with Crippen molar-refractivity contribution in [3.63, 3.8) is 0 Å². The maximum Gasteiger partial charge on any atom is 0.245 e. The predicted octanol–water partition coefficient (Wildman–Crippen LogP) is 2.88. The minimum Gasteiger partial charge on any atom is -0.507 e. The maximum absolute atomic E-state index is 11.7. The Morgan fingerprint density at radius 1 is 1.38 bits per heavy atom. The van der Waals surface area contributed by atoms with E-state index in [9.17, 15) is 9.90 Å². The number of benzene rings is 1. The Morgan fingerprint density at radius 2 is 2.24 bits per heavy atom. The summed E-state index contributed by atoms with van der Waals surface area (Å²) in [6.45, 7) is 3.65. The summed E-state index contributed by atoms with van der Waals surface area (Å²) in [7, 11) is 0. The number of phenols is 1. The number of thiophene rings is 1. The van der Waals surface area contributed by atoms with Crippen molar-refractivity contribution in [2.45, 2.75) is 12.8 Å². The summed E-state index contributed by atoms with van der Waals surface area (Å²) < 4.78 is 0. The summed E-state index contributed by atoms with van der Waals surface area (Å²) in [5.41, 5.74) is 3.79. The number of allylic oxidation sites excluding steroid dienone is 1. The summed E-state index contributed by atoms with van der Waals surface area (Å²) in [5.74, 6) is -0.0240. The van der Waals surface area contributed by atoms with Gasteiger partial charge in [0.15, 0.2) is 0 Å². The minimum absolute atomic E-state index is 0.161. The molecule has 0 aliphatic rings. The number of hydrogen-bond acceptors (Lipinski definition) is 4. The quantitative estimate of drug-likeness (QED) is 0.489. The Labute approximate surface area is 127 Å². The number of amides is 1. The van der Waals surface area contributed by atoms with E-state index in [1.165, 1.54) is 17.6 Å². The lowest BCUT2D eigenvalue weighted by Crippen LogP contribution is -2.19. The van der Waals surface area contributed by atoms with E-state index < -0.39 is 0 Å². The second-order valence-corrected chi connectivity index (χ2v) is 5.43. The fraction of sp³-hybridized carbons (Fsp3) is 0.125. The van der Waals surface area contributed by atoms with Crippen molar-refractivity contribution in [2.24, 2.45) is 5.10 Å². The molecule has 0 radical (unpaired) electrons. The van der Waals surface area contributed by atoms with Gasteiger partial charge in [-0.2, -0.15) is 5.10 Å². The first-order valence-electron chi connectivity index (χ1n) is 6.46. The van der Waals surface area contributed by atoms with Crippen molar-refractivity contribution < 1.29 is 9.90 Å². The van der Waals surface area contributed by atoms with Gasteiger partial charge in [0.2, 0.25) is 5.91 Å². The van der Waals surface area contributed by atoms with Crippen molar-refractivity contribution in [3.8, 4) is 5.75 Å². The molecule has 0 bridgehead atoms. The van der Waals surface area contributed by atoms with Crippen molar-refractivity contribution in [3.05, 3.63) is 64.4 Å². The monoisotopic (exact) mass is 300 g/mol. The van der Waals surface area contributed by atoms with Crippen LogP contribution < -0.4 is 5.43 Å². The molecule has 108 valence electrons. The van der Waals surface area contributed by atoms with Crippen molar-refractivity contribution in [1.29, 1.82) is 0 Å². The van der Waals surface area contributed by atoms with Gasteiger partial charge in [-0.3, -0.25) is 4.79 Å². The molecule has 5 heteroatoms. The van der Waals surface area contributed by atoms with Gasteiger partial charge in [-0.1, -0.05) is 24.3 Å². The van der Waals surface area contributed by atoms with Crippen LogP contribution in [-0.2, 0) is 17.6 Å². The molecule has 1 heterocycles. The van der Waals surface area contributed by atoms with E-state index in [1.54, 1.807) is 12.1 Å². The molecule has 0 aliphatic heterocycles. The number of phenolic OH excluding ortho intramolecular Hbond substituents is 1. The van der Waals surface area contributed by atoms with Gasteiger partial charge in [-0.15, -0.1) is 17.9 Å². The van der Waals surface area contributed by atoms with Crippen molar-refractivity contribution in [1.82, 2.24) is 5.43 Å². The second-order valence-electron chi connectivity index (χ2n) is 4.40. The third kappa shape index (κ3) is 4.29. The van der Waals surface area contributed by atoms with Crippen LogP contribution in [0.1, 0.15) is 16.0 Å². The van der Waals surface area contributed by atoms with Crippen LogP contribution in [0.4, 0.5) is 0 Å². The van der Waals surface area contributed by atoms with E-state index in [4.69, 9.17) is 0 Å². The number of para-hydroxylation sites is 1. The highest BCUT2D eigenvalue weighted by atomic mass is 32.1. The van der Waals surface area contributed by atoms with E-state index in [0.717, 1.165) is 10.4 Å². The molecule has 21 heavy (non-hydrogen) atoms. The van der Waals surface area contributed by atoms with Crippen LogP contribution in [0.15, 0.2) is 53.5 Å². The molecule has 2 N–H and O–H groups in total. The number of hydrogen-bond donors (Lipinski definition) is 2. The molecule has 1 amide bonds. The zero-order chi connectivity index (χ0) is 15.1. The SMILES string of the molecule is C=CCc1cccc(/C=N/NC(=O)Cc2cccs2)c1O. The average Bonchev–Trinajstić information content (AvgIpc) is 2.96. The zero-order valence-electron chi connectivity index (χ0n) is 11.5. The van der Waals surface area contributed by atoms with Gasteiger partial charge in [-0.05, 0) is 29.5 Å². The van der Waals surface area contributed by atoms with Gasteiger partial charge in [0, 0.05) is 10.4 Å². The molecule has 2 aromatic rings. The predicted molar refractivity (Wildman–Crippen MR) is 85.8 cm³/mol. The van der Waals surface area contributed by atoms with E-state index in [-0.39, 0.29) is 11.7 Å². The van der Waals surface area contributed by atoms with Gasteiger partial charge in [0.1, 0.15) is 5.75 Å². The van der Waals surface area contributed by atoms with Crippen LogP contribution in [0.5, 0.6) is 5.75 Å². The molecular formula is C16H16N2O2S. The number of nitrogens with zero attached hydrogens (tertiary/aromatic N) is 1. The number of carbonyl (C=O) groups excluding carboxylic acids is 1. The molecule has 0 spiro atoms. The number of aromatic hydroxyl groups is 1. The minimum atomic E-state index is -0.185. The van der Waals surface area contributed by atoms with Crippen LogP contribution in [-0.4, -0.2) is 17.2 Å². The van der Waals surface area contributed by atoms with Crippen LogP contribution in [0.3, 0.4) is 0 Å². The molecule has 0 fully saturated rings. The van der Waals surface area contributed by atoms with E-state index in [1.807, 2.05) is 29.6 Å². The normalized spacial score (nSPS) is 10.7. The highest BCUT2D eigenvalue weighted by molar-refractivity contribution is 7.10. The molecule has 2 rings (SSSR count). The topological polar surface area (TPSA) is 61.7 Å². The molecule has 0 unspecified atom stereocenters. The van der Waals surface area contributed by atoms with Gasteiger partial charge >= 0.3 is 0 Å². The Balaban J connectivity index is 1.96. The third-order valence-corrected chi connectivity index (χ3v) is 3.70. The first-order chi connectivity index (χ1) is 10.2. The first kappa shape index (κ1) is 15.0. The van der Waals surface area contributed by atoms with Crippen molar-refractivity contribution in [2.75, 3.05) is 0 Å². The van der Waals surface area contributed by atoms with Gasteiger partial charge in [0.05, 0.1) is 12.6 Å².